The number of anilines is 1. The molecule has 128 valence electrons. The predicted octanol–water partition coefficient (Wildman–Crippen LogP) is 4.49. The van der Waals surface area contributed by atoms with Gasteiger partial charge in [0.05, 0.1) is 19.0 Å². The molecule has 0 heterocycles. The zero-order chi connectivity index (χ0) is 17.2. The maximum absolute atomic E-state index is 11.9. The molecule has 0 spiro atoms. The third-order valence-corrected chi connectivity index (χ3v) is 4.17. The molecule has 2 aromatic carbocycles. The van der Waals surface area contributed by atoms with Gasteiger partial charge in [0.25, 0.3) is 0 Å². The van der Waals surface area contributed by atoms with Crippen molar-refractivity contribution < 1.29 is 14.3 Å². The molecule has 2 aromatic rings. The summed E-state index contributed by atoms with van der Waals surface area (Å²) in [4.78, 5) is 11.9. The fraction of sp³-hybridized carbons (Fsp3) is 0.278. The van der Waals surface area contributed by atoms with Crippen molar-refractivity contribution in [2.45, 2.75) is 6.92 Å². The number of carbonyl (C=O) groups excluding carboxylic acids is 1. The minimum atomic E-state index is -0.0318. The van der Waals surface area contributed by atoms with Gasteiger partial charge in [-0.3, -0.25) is 4.79 Å². The average molecular weight is 366 g/mol. The average Bonchev–Trinajstić information content (AvgIpc) is 2.58. The summed E-state index contributed by atoms with van der Waals surface area (Å²) in [5.74, 6) is 2.66. The summed E-state index contributed by atoms with van der Waals surface area (Å²) >= 11 is 7.34. The van der Waals surface area contributed by atoms with Gasteiger partial charge >= 0.3 is 0 Å². The molecule has 0 saturated heterocycles. The van der Waals surface area contributed by atoms with E-state index in [4.69, 9.17) is 21.1 Å². The number of ether oxygens (including phenoxy) is 2. The number of carbonyl (C=O) groups is 1. The summed E-state index contributed by atoms with van der Waals surface area (Å²) in [5.41, 5.74) is 0.765. The van der Waals surface area contributed by atoms with E-state index >= 15 is 0 Å². The van der Waals surface area contributed by atoms with Gasteiger partial charge in [-0.2, -0.15) is 0 Å². The molecule has 4 nitrogen and oxygen atoms in total. The van der Waals surface area contributed by atoms with Crippen LogP contribution in [0, 0.1) is 0 Å². The van der Waals surface area contributed by atoms with Gasteiger partial charge in [0.2, 0.25) is 5.91 Å². The quantitative estimate of drug-likeness (QED) is 0.665. The van der Waals surface area contributed by atoms with Crippen LogP contribution in [0.25, 0.3) is 0 Å². The Bertz CT molecular complexity index is 632. The van der Waals surface area contributed by atoms with E-state index in [1.807, 2.05) is 43.3 Å². The summed E-state index contributed by atoms with van der Waals surface area (Å²) in [6, 6.07) is 14.6. The molecule has 0 bridgehead atoms. The van der Waals surface area contributed by atoms with Crippen LogP contribution in [0.2, 0.25) is 5.02 Å². The minimum Gasteiger partial charge on any atom is -0.494 e. The summed E-state index contributed by atoms with van der Waals surface area (Å²) < 4.78 is 10.9. The Hall–Kier alpha value is -1.85. The van der Waals surface area contributed by atoms with Gasteiger partial charge in [0.1, 0.15) is 11.5 Å². The fourth-order valence-electron chi connectivity index (χ4n) is 1.91. The van der Waals surface area contributed by atoms with Crippen molar-refractivity contribution in [1.29, 1.82) is 0 Å². The Kier molecular flexibility index (Phi) is 7.79. The van der Waals surface area contributed by atoms with Crippen LogP contribution in [0.15, 0.2) is 48.5 Å². The number of nitrogens with one attached hydrogen (secondary N) is 1. The van der Waals surface area contributed by atoms with Crippen LogP contribution in [0.1, 0.15) is 6.92 Å². The Balaban J connectivity index is 1.61. The number of halogens is 1. The summed E-state index contributed by atoms with van der Waals surface area (Å²) in [6.07, 6.45) is 0. The normalized spacial score (nSPS) is 10.2. The number of hydrogen-bond acceptors (Lipinski definition) is 4. The Labute approximate surface area is 151 Å². The van der Waals surface area contributed by atoms with Crippen molar-refractivity contribution in [1.82, 2.24) is 0 Å². The van der Waals surface area contributed by atoms with Gasteiger partial charge in [0, 0.05) is 16.5 Å². The molecule has 0 aliphatic carbocycles. The third-order valence-electron chi connectivity index (χ3n) is 2.99. The highest BCUT2D eigenvalue weighted by atomic mass is 35.5. The maximum atomic E-state index is 11.9. The van der Waals surface area contributed by atoms with Crippen molar-refractivity contribution in [2.24, 2.45) is 0 Å². The van der Waals surface area contributed by atoms with Crippen molar-refractivity contribution in [3.05, 3.63) is 53.6 Å². The third kappa shape index (κ3) is 6.72. The lowest BCUT2D eigenvalue weighted by molar-refractivity contribution is -0.113. The molecular formula is C18H20ClNO3S. The predicted molar refractivity (Wildman–Crippen MR) is 101 cm³/mol. The molecule has 0 aliphatic heterocycles. The van der Waals surface area contributed by atoms with E-state index < -0.39 is 0 Å². The van der Waals surface area contributed by atoms with Gasteiger partial charge < -0.3 is 14.8 Å². The Morgan fingerprint density at radius 3 is 2.33 bits per heavy atom. The highest BCUT2D eigenvalue weighted by molar-refractivity contribution is 7.99. The topological polar surface area (TPSA) is 47.6 Å². The maximum Gasteiger partial charge on any atom is 0.234 e. The lowest BCUT2D eigenvalue weighted by atomic mass is 10.3. The smallest absolute Gasteiger partial charge is 0.234 e. The molecule has 1 amide bonds. The van der Waals surface area contributed by atoms with Crippen molar-refractivity contribution in [3.8, 4) is 11.5 Å². The van der Waals surface area contributed by atoms with Gasteiger partial charge in [0.15, 0.2) is 0 Å². The molecule has 0 unspecified atom stereocenters. The number of rotatable bonds is 9. The first-order chi connectivity index (χ1) is 11.7. The van der Waals surface area contributed by atoms with Crippen LogP contribution in [0.5, 0.6) is 11.5 Å². The molecule has 24 heavy (non-hydrogen) atoms. The summed E-state index contributed by atoms with van der Waals surface area (Å²) in [6.45, 7) is 3.10. The first-order valence-electron chi connectivity index (χ1n) is 7.66. The van der Waals surface area contributed by atoms with E-state index in [9.17, 15) is 4.79 Å². The Morgan fingerprint density at radius 1 is 1.04 bits per heavy atom. The number of thioether (sulfide) groups is 1. The summed E-state index contributed by atoms with van der Waals surface area (Å²) in [5, 5.41) is 3.54. The van der Waals surface area contributed by atoms with Gasteiger partial charge in [-0.1, -0.05) is 11.6 Å². The van der Waals surface area contributed by atoms with Crippen LogP contribution in [0.3, 0.4) is 0 Å². The number of benzene rings is 2. The van der Waals surface area contributed by atoms with Gasteiger partial charge in [-0.15, -0.1) is 11.8 Å². The molecule has 0 aromatic heterocycles. The largest absolute Gasteiger partial charge is 0.494 e. The zero-order valence-electron chi connectivity index (χ0n) is 13.5. The first-order valence-corrected chi connectivity index (χ1v) is 9.19. The van der Waals surface area contributed by atoms with E-state index in [1.165, 1.54) is 11.8 Å². The lowest BCUT2D eigenvalue weighted by Crippen LogP contribution is -2.15. The van der Waals surface area contributed by atoms with E-state index in [-0.39, 0.29) is 5.91 Å². The van der Waals surface area contributed by atoms with Crippen LogP contribution in [-0.2, 0) is 4.79 Å². The molecule has 0 radical (unpaired) electrons. The van der Waals surface area contributed by atoms with E-state index in [2.05, 4.69) is 5.32 Å². The van der Waals surface area contributed by atoms with E-state index in [1.54, 1.807) is 12.1 Å². The first kappa shape index (κ1) is 18.5. The second-order valence-electron chi connectivity index (χ2n) is 4.86. The fourth-order valence-corrected chi connectivity index (χ4v) is 2.64. The highest BCUT2D eigenvalue weighted by Crippen LogP contribution is 2.17. The highest BCUT2D eigenvalue weighted by Gasteiger charge is 2.03. The van der Waals surface area contributed by atoms with Crippen LogP contribution in [-0.4, -0.2) is 30.6 Å². The minimum absolute atomic E-state index is 0.0318. The van der Waals surface area contributed by atoms with Crippen molar-refractivity contribution in [3.63, 3.8) is 0 Å². The standard InChI is InChI=1S/C18H20ClNO3S/c1-2-22-16-9-5-15(6-10-16)20-18(21)13-24-12-11-23-17-7-3-14(19)4-8-17/h3-10H,2,11-13H2,1H3,(H,20,21). The van der Waals surface area contributed by atoms with Crippen LogP contribution >= 0.6 is 23.4 Å². The van der Waals surface area contributed by atoms with E-state index in [0.29, 0.717) is 24.0 Å². The Morgan fingerprint density at radius 2 is 1.67 bits per heavy atom. The van der Waals surface area contributed by atoms with Gasteiger partial charge in [-0.05, 0) is 55.5 Å². The number of amides is 1. The lowest BCUT2D eigenvalue weighted by Gasteiger charge is -2.08. The monoisotopic (exact) mass is 365 g/mol. The van der Waals surface area contributed by atoms with Gasteiger partial charge in [-0.25, -0.2) is 0 Å². The SMILES string of the molecule is CCOc1ccc(NC(=O)CSCCOc2ccc(Cl)cc2)cc1. The molecule has 2 rings (SSSR count). The van der Waals surface area contributed by atoms with Crippen LogP contribution in [0.4, 0.5) is 5.69 Å². The molecule has 0 saturated carbocycles. The zero-order valence-corrected chi connectivity index (χ0v) is 15.0. The van der Waals surface area contributed by atoms with Crippen LogP contribution < -0.4 is 14.8 Å². The van der Waals surface area contributed by atoms with E-state index in [0.717, 1.165) is 22.9 Å². The molecular weight excluding hydrogens is 346 g/mol. The molecule has 1 N–H and O–H groups in total. The van der Waals surface area contributed by atoms with Crippen molar-refractivity contribution in [2.75, 3.05) is 30.0 Å². The molecule has 0 aliphatic rings. The molecule has 0 fully saturated rings. The molecule has 6 heteroatoms. The molecule has 0 atom stereocenters. The second-order valence-corrected chi connectivity index (χ2v) is 6.40. The summed E-state index contributed by atoms with van der Waals surface area (Å²) in [7, 11) is 0. The second kappa shape index (κ2) is 10.1. The van der Waals surface area contributed by atoms with Crippen molar-refractivity contribution >= 4 is 35.0 Å². The number of hydrogen-bond donors (Lipinski definition) is 1.